The van der Waals surface area contributed by atoms with E-state index in [9.17, 15) is 0 Å². The smallest absolute Gasteiger partial charge is 0.191 e. The molecule has 142 valence electrons. The van der Waals surface area contributed by atoms with E-state index in [2.05, 4.69) is 51.9 Å². The zero-order chi connectivity index (χ0) is 17.5. The Hall–Kier alpha value is -1.57. The van der Waals surface area contributed by atoms with Gasteiger partial charge >= 0.3 is 0 Å². The Balaban J connectivity index is 0.00000243. The third-order valence-electron chi connectivity index (χ3n) is 4.99. The number of nitrogens with zero attached hydrogens (tertiary/aromatic N) is 3. The second-order valence-electron chi connectivity index (χ2n) is 6.97. The summed E-state index contributed by atoms with van der Waals surface area (Å²) in [6, 6.07) is 11.0. The average Bonchev–Trinajstić information content (AvgIpc) is 3.18. The van der Waals surface area contributed by atoms with Gasteiger partial charge in [-0.15, -0.1) is 24.0 Å². The van der Waals surface area contributed by atoms with Gasteiger partial charge < -0.3 is 10.6 Å². The first-order valence-electron chi connectivity index (χ1n) is 9.30. The highest BCUT2D eigenvalue weighted by molar-refractivity contribution is 14.0. The molecule has 1 aliphatic rings. The number of guanidine groups is 1. The summed E-state index contributed by atoms with van der Waals surface area (Å²) in [5, 5.41) is 11.3. The lowest BCUT2D eigenvalue weighted by Gasteiger charge is -2.28. The maximum atomic E-state index is 4.36. The third kappa shape index (κ3) is 6.00. The number of aromatic nitrogens is 2. The minimum Gasteiger partial charge on any atom is -0.356 e. The third-order valence-corrected chi connectivity index (χ3v) is 4.99. The Morgan fingerprint density at radius 1 is 1.19 bits per heavy atom. The average molecular weight is 467 g/mol. The second kappa shape index (κ2) is 10.5. The van der Waals surface area contributed by atoms with Crippen LogP contribution in [0.25, 0.3) is 5.69 Å². The molecule has 1 aromatic carbocycles. The van der Waals surface area contributed by atoms with Crippen LogP contribution in [0, 0.1) is 5.92 Å². The molecule has 1 aliphatic carbocycles. The Morgan fingerprint density at radius 3 is 2.54 bits per heavy atom. The number of rotatable bonds is 5. The monoisotopic (exact) mass is 467 g/mol. The zero-order valence-corrected chi connectivity index (χ0v) is 18.0. The van der Waals surface area contributed by atoms with Gasteiger partial charge in [0.05, 0.1) is 5.69 Å². The van der Waals surface area contributed by atoms with Crippen molar-refractivity contribution in [3.8, 4) is 5.69 Å². The lowest BCUT2D eigenvalue weighted by atomic mass is 9.87. The molecule has 0 atom stereocenters. The van der Waals surface area contributed by atoms with Crippen molar-refractivity contribution >= 4 is 29.9 Å². The predicted molar refractivity (Wildman–Crippen MR) is 119 cm³/mol. The molecule has 3 rings (SSSR count). The summed E-state index contributed by atoms with van der Waals surface area (Å²) in [5.74, 6) is 1.80. The molecule has 0 radical (unpaired) electrons. The fourth-order valence-corrected chi connectivity index (χ4v) is 3.35. The molecular formula is C20H30IN5. The summed E-state index contributed by atoms with van der Waals surface area (Å²) in [6.45, 7) is 3.23. The minimum absolute atomic E-state index is 0. The van der Waals surface area contributed by atoms with E-state index in [1.165, 1.54) is 31.2 Å². The standard InChI is InChI=1S/C20H29N5.HI/c1-16-4-8-18(9-5-16)24-20(21-2)22-14-12-17-6-10-19(11-7-17)25-15-3-13-23-25;/h3,6-7,10-11,13,15-16,18H,4-5,8-9,12,14H2,1-2H3,(H2,21,22,24);1H. The highest BCUT2D eigenvalue weighted by Gasteiger charge is 2.18. The molecular weight excluding hydrogens is 437 g/mol. The molecule has 0 spiro atoms. The fourth-order valence-electron chi connectivity index (χ4n) is 3.35. The molecule has 2 aromatic rings. The molecule has 6 heteroatoms. The van der Waals surface area contributed by atoms with E-state index >= 15 is 0 Å². The highest BCUT2D eigenvalue weighted by atomic mass is 127. The summed E-state index contributed by atoms with van der Waals surface area (Å²) in [7, 11) is 1.85. The molecule has 1 heterocycles. The summed E-state index contributed by atoms with van der Waals surface area (Å²) < 4.78 is 1.87. The van der Waals surface area contributed by atoms with Gasteiger partial charge in [-0.1, -0.05) is 19.1 Å². The van der Waals surface area contributed by atoms with Gasteiger partial charge in [0.25, 0.3) is 0 Å². The van der Waals surface area contributed by atoms with Crippen LogP contribution in [-0.2, 0) is 6.42 Å². The molecule has 0 unspecified atom stereocenters. The van der Waals surface area contributed by atoms with Crippen LogP contribution in [0.15, 0.2) is 47.7 Å². The number of aliphatic imine (C=N–C) groups is 1. The lowest BCUT2D eigenvalue weighted by molar-refractivity contribution is 0.329. The van der Waals surface area contributed by atoms with E-state index < -0.39 is 0 Å². The van der Waals surface area contributed by atoms with Crippen molar-refractivity contribution in [2.24, 2.45) is 10.9 Å². The Labute approximate surface area is 173 Å². The lowest BCUT2D eigenvalue weighted by Crippen LogP contribution is -2.45. The molecule has 2 N–H and O–H groups in total. The van der Waals surface area contributed by atoms with E-state index in [4.69, 9.17) is 0 Å². The van der Waals surface area contributed by atoms with Crippen molar-refractivity contribution in [3.63, 3.8) is 0 Å². The molecule has 5 nitrogen and oxygen atoms in total. The number of benzene rings is 1. The number of halogens is 1. The first kappa shape index (κ1) is 20.7. The molecule has 1 saturated carbocycles. The molecule has 0 saturated heterocycles. The van der Waals surface area contributed by atoms with E-state index in [0.717, 1.165) is 30.5 Å². The topological polar surface area (TPSA) is 54.2 Å². The van der Waals surface area contributed by atoms with Gasteiger partial charge in [-0.3, -0.25) is 4.99 Å². The Bertz CT molecular complexity index is 658. The summed E-state index contributed by atoms with van der Waals surface area (Å²) >= 11 is 0. The quantitative estimate of drug-likeness (QED) is 0.400. The number of hydrogen-bond donors (Lipinski definition) is 2. The second-order valence-corrected chi connectivity index (χ2v) is 6.97. The van der Waals surface area contributed by atoms with Crippen LogP contribution in [0.5, 0.6) is 0 Å². The SMILES string of the molecule is CN=C(NCCc1ccc(-n2cccn2)cc1)NC1CCC(C)CC1.I. The fraction of sp³-hybridized carbons (Fsp3) is 0.500. The van der Waals surface area contributed by atoms with Gasteiger partial charge in [-0.25, -0.2) is 4.68 Å². The number of hydrogen-bond acceptors (Lipinski definition) is 2. The maximum Gasteiger partial charge on any atom is 0.191 e. The Kier molecular flexibility index (Phi) is 8.41. The van der Waals surface area contributed by atoms with E-state index in [0.29, 0.717) is 6.04 Å². The first-order chi connectivity index (χ1) is 12.2. The van der Waals surface area contributed by atoms with Crippen LogP contribution in [0.2, 0.25) is 0 Å². The summed E-state index contributed by atoms with van der Waals surface area (Å²) in [4.78, 5) is 4.36. The molecule has 0 bridgehead atoms. The summed E-state index contributed by atoms with van der Waals surface area (Å²) in [5.41, 5.74) is 2.40. The van der Waals surface area contributed by atoms with Crippen LogP contribution in [-0.4, -0.2) is 35.4 Å². The van der Waals surface area contributed by atoms with Crippen molar-refractivity contribution in [3.05, 3.63) is 48.3 Å². The van der Waals surface area contributed by atoms with Crippen LogP contribution in [0.4, 0.5) is 0 Å². The van der Waals surface area contributed by atoms with Gasteiger partial charge in [-0.05, 0) is 61.8 Å². The van der Waals surface area contributed by atoms with Crippen molar-refractivity contribution in [2.75, 3.05) is 13.6 Å². The van der Waals surface area contributed by atoms with Crippen molar-refractivity contribution in [1.29, 1.82) is 0 Å². The van der Waals surface area contributed by atoms with Crippen LogP contribution in [0.1, 0.15) is 38.2 Å². The normalized spacial score (nSPS) is 20.3. The summed E-state index contributed by atoms with van der Waals surface area (Å²) in [6.07, 6.45) is 9.85. The van der Waals surface area contributed by atoms with Crippen molar-refractivity contribution in [1.82, 2.24) is 20.4 Å². The minimum atomic E-state index is 0. The van der Waals surface area contributed by atoms with Crippen LogP contribution in [0.3, 0.4) is 0 Å². The zero-order valence-electron chi connectivity index (χ0n) is 15.7. The van der Waals surface area contributed by atoms with Crippen molar-refractivity contribution in [2.45, 2.75) is 45.1 Å². The molecule has 1 aromatic heterocycles. The Morgan fingerprint density at radius 2 is 1.92 bits per heavy atom. The van der Waals surface area contributed by atoms with E-state index in [1.54, 1.807) is 6.20 Å². The van der Waals surface area contributed by atoms with Gasteiger partial charge in [0.15, 0.2) is 5.96 Å². The molecule has 0 aliphatic heterocycles. The molecule has 1 fully saturated rings. The van der Waals surface area contributed by atoms with E-state index in [1.807, 2.05) is 24.0 Å². The van der Waals surface area contributed by atoms with Crippen LogP contribution < -0.4 is 10.6 Å². The van der Waals surface area contributed by atoms with Gasteiger partial charge in [0, 0.05) is 32.0 Å². The molecule has 26 heavy (non-hydrogen) atoms. The first-order valence-corrected chi connectivity index (χ1v) is 9.30. The van der Waals surface area contributed by atoms with Gasteiger partial charge in [0.1, 0.15) is 0 Å². The van der Waals surface area contributed by atoms with Crippen molar-refractivity contribution < 1.29 is 0 Å². The highest BCUT2D eigenvalue weighted by Crippen LogP contribution is 2.23. The molecule has 0 amide bonds. The van der Waals surface area contributed by atoms with Crippen LogP contribution >= 0.6 is 24.0 Å². The van der Waals surface area contributed by atoms with Gasteiger partial charge in [-0.2, -0.15) is 5.10 Å². The van der Waals surface area contributed by atoms with E-state index in [-0.39, 0.29) is 24.0 Å². The largest absolute Gasteiger partial charge is 0.356 e. The van der Waals surface area contributed by atoms with Gasteiger partial charge in [0.2, 0.25) is 0 Å². The predicted octanol–water partition coefficient (Wildman–Crippen LogP) is 3.78. The maximum absolute atomic E-state index is 4.36. The number of nitrogens with one attached hydrogen (secondary N) is 2.